The van der Waals surface area contributed by atoms with Crippen molar-refractivity contribution in [3.05, 3.63) is 35.4 Å². The second-order valence-electron chi connectivity index (χ2n) is 6.32. The van der Waals surface area contributed by atoms with E-state index >= 15 is 0 Å². The highest BCUT2D eigenvalue weighted by atomic mass is 32.2. The van der Waals surface area contributed by atoms with Gasteiger partial charge in [0.1, 0.15) is 5.25 Å². The van der Waals surface area contributed by atoms with Crippen LogP contribution in [0.5, 0.6) is 0 Å². The lowest BCUT2D eigenvalue weighted by molar-refractivity contribution is -0.127. The molecule has 0 aromatic heterocycles. The molecule has 0 bridgehead atoms. The molecule has 1 aliphatic heterocycles. The molecular weight excluding hydrogens is 308 g/mol. The lowest BCUT2D eigenvalue weighted by atomic mass is 9.83. The molecule has 2 aliphatic rings. The number of amides is 2. The van der Waals surface area contributed by atoms with Crippen LogP contribution in [-0.2, 0) is 16.0 Å². The van der Waals surface area contributed by atoms with Gasteiger partial charge in [0.05, 0.1) is 5.92 Å². The molecule has 1 aliphatic carbocycles. The maximum atomic E-state index is 12.8. The predicted octanol–water partition coefficient (Wildman–Crippen LogP) is 2.44. The number of aryl methyl sites for hydroxylation is 1. The number of thioether (sulfide) groups is 1. The normalized spacial score (nSPS) is 26.9. The van der Waals surface area contributed by atoms with Crippen molar-refractivity contribution in [2.75, 3.05) is 12.8 Å². The lowest BCUT2D eigenvalue weighted by Gasteiger charge is -2.33. The summed E-state index contributed by atoms with van der Waals surface area (Å²) >= 11 is 1.71. The van der Waals surface area contributed by atoms with E-state index in [0.717, 1.165) is 43.4 Å². The third kappa shape index (κ3) is 3.55. The van der Waals surface area contributed by atoms with Crippen molar-refractivity contribution in [1.29, 1.82) is 0 Å². The van der Waals surface area contributed by atoms with Crippen LogP contribution < -0.4 is 10.6 Å². The van der Waals surface area contributed by atoms with Crippen LogP contribution in [-0.4, -0.2) is 30.7 Å². The minimum Gasteiger partial charge on any atom is -0.359 e. The summed E-state index contributed by atoms with van der Waals surface area (Å²) in [6.45, 7) is 0. The van der Waals surface area contributed by atoms with Crippen molar-refractivity contribution >= 4 is 23.6 Å². The SMILES string of the molecule is CNC(=O)C1CCCCC1NC(=O)C1SCCc2ccccc21. The molecule has 0 saturated heterocycles. The summed E-state index contributed by atoms with van der Waals surface area (Å²) in [7, 11) is 1.67. The third-order valence-corrected chi connectivity index (χ3v) is 6.15. The molecule has 4 nitrogen and oxygen atoms in total. The number of hydrogen-bond acceptors (Lipinski definition) is 3. The van der Waals surface area contributed by atoms with Gasteiger partial charge in [-0.15, -0.1) is 11.8 Å². The Kier molecular flexibility index (Phi) is 5.26. The minimum atomic E-state index is -0.146. The standard InChI is InChI=1S/C18H24N2O2S/c1-19-17(21)14-8-4-5-9-15(14)20-18(22)16-13-7-3-2-6-12(13)10-11-23-16/h2-3,6-7,14-16H,4-5,8-11H2,1H3,(H,19,21)(H,20,22). The number of carbonyl (C=O) groups is 2. The van der Waals surface area contributed by atoms with Crippen molar-refractivity contribution < 1.29 is 9.59 Å². The average molecular weight is 332 g/mol. The quantitative estimate of drug-likeness (QED) is 0.894. The van der Waals surface area contributed by atoms with Gasteiger partial charge < -0.3 is 10.6 Å². The van der Waals surface area contributed by atoms with E-state index in [0.29, 0.717) is 0 Å². The van der Waals surface area contributed by atoms with Gasteiger partial charge in [0.15, 0.2) is 0 Å². The number of hydrogen-bond donors (Lipinski definition) is 2. The smallest absolute Gasteiger partial charge is 0.237 e. The van der Waals surface area contributed by atoms with Crippen LogP contribution in [0.15, 0.2) is 24.3 Å². The maximum Gasteiger partial charge on any atom is 0.237 e. The molecule has 3 atom stereocenters. The van der Waals surface area contributed by atoms with Crippen LogP contribution in [0.2, 0.25) is 0 Å². The number of rotatable bonds is 3. The van der Waals surface area contributed by atoms with E-state index < -0.39 is 0 Å². The molecule has 2 N–H and O–H groups in total. The Balaban J connectivity index is 1.72. The molecular formula is C18H24N2O2S. The first-order chi connectivity index (χ1) is 11.2. The topological polar surface area (TPSA) is 58.2 Å². The zero-order chi connectivity index (χ0) is 16.2. The van der Waals surface area contributed by atoms with Crippen LogP contribution in [0.25, 0.3) is 0 Å². The Morgan fingerprint density at radius 2 is 1.91 bits per heavy atom. The van der Waals surface area contributed by atoms with Gasteiger partial charge in [-0.3, -0.25) is 9.59 Å². The molecule has 0 radical (unpaired) electrons. The van der Waals surface area contributed by atoms with Gasteiger partial charge in [0.2, 0.25) is 11.8 Å². The first kappa shape index (κ1) is 16.4. The molecule has 3 unspecified atom stereocenters. The molecule has 2 amide bonds. The zero-order valence-corrected chi connectivity index (χ0v) is 14.3. The van der Waals surface area contributed by atoms with E-state index in [-0.39, 0.29) is 29.0 Å². The Morgan fingerprint density at radius 1 is 1.13 bits per heavy atom. The summed E-state index contributed by atoms with van der Waals surface area (Å²) in [6.07, 6.45) is 4.91. The highest BCUT2D eigenvalue weighted by Crippen LogP contribution is 2.37. The van der Waals surface area contributed by atoms with Gasteiger partial charge in [-0.1, -0.05) is 37.1 Å². The van der Waals surface area contributed by atoms with Crippen molar-refractivity contribution in [3.63, 3.8) is 0 Å². The van der Waals surface area contributed by atoms with E-state index in [9.17, 15) is 9.59 Å². The summed E-state index contributed by atoms with van der Waals surface area (Å²) in [5.74, 6) is 0.981. The fraction of sp³-hybridized carbons (Fsp3) is 0.556. The molecule has 124 valence electrons. The molecule has 1 heterocycles. The van der Waals surface area contributed by atoms with Crippen molar-refractivity contribution in [1.82, 2.24) is 10.6 Å². The highest BCUT2D eigenvalue weighted by Gasteiger charge is 2.34. The number of fused-ring (bicyclic) bond motifs is 1. The number of benzene rings is 1. The van der Waals surface area contributed by atoms with Crippen LogP contribution in [0, 0.1) is 5.92 Å². The Morgan fingerprint density at radius 3 is 2.74 bits per heavy atom. The van der Waals surface area contributed by atoms with Crippen LogP contribution in [0.3, 0.4) is 0 Å². The van der Waals surface area contributed by atoms with E-state index in [1.807, 2.05) is 12.1 Å². The first-order valence-corrected chi connectivity index (χ1v) is 9.47. The predicted molar refractivity (Wildman–Crippen MR) is 93.3 cm³/mol. The summed E-state index contributed by atoms with van der Waals surface area (Å²) in [5.41, 5.74) is 2.41. The van der Waals surface area contributed by atoms with Crippen molar-refractivity contribution in [2.45, 2.75) is 43.4 Å². The lowest BCUT2D eigenvalue weighted by Crippen LogP contribution is -2.48. The fourth-order valence-electron chi connectivity index (χ4n) is 3.67. The van der Waals surface area contributed by atoms with Crippen molar-refractivity contribution in [3.8, 4) is 0 Å². The zero-order valence-electron chi connectivity index (χ0n) is 13.5. The second kappa shape index (κ2) is 7.39. The average Bonchev–Trinajstić information content (AvgIpc) is 2.61. The summed E-state index contributed by atoms with van der Waals surface area (Å²) in [6, 6.07) is 8.17. The Labute approximate surface area is 141 Å². The Bertz CT molecular complexity index is 590. The van der Waals surface area contributed by atoms with Crippen LogP contribution >= 0.6 is 11.8 Å². The molecule has 1 aromatic carbocycles. The van der Waals surface area contributed by atoms with Crippen molar-refractivity contribution in [2.24, 2.45) is 5.92 Å². The molecule has 5 heteroatoms. The molecule has 1 aromatic rings. The fourth-order valence-corrected chi connectivity index (χ4v) is 4.87. The van der Waals surface area contributed by atoms with Gasteiger partial charge in [0, 0.05) is 13.1 Å². The second-order valence-corrected chi connectivity index (χ2v) is 7.53. The molecule has 3 rings (SSSR count). The molecule has 1 fully saturated rings. The highest BCUT2D eigenvalue weighted by molar-refractivity contribution is 8.00. The van der Waals surface area contributed by atoms with Gasteiger partial charge in [-0.2, -0.15) is 0 Å². The maximum absolute atomic E-state index is 12.8. The van der Waals surface area contributed by atoms with E-state index in [2.05, 4.69) is 22.8 Å². The van der Waals surface area contributed by atoms with Gasteiger partial charge in [-0.25, -0.2) is 0 Å². The van der Waals surface area contributed by atoms with E-state index in [1.165, 1.54) is 5.56 Å². The Hall–Kier alpha value is -1.49. The molecule has 0 spiro atoms. The largest absolute Gasteiger partial charge is 0.359 e. The van der Waals surface area contributed by atoms with Gasteiger partial charge in [-0.05, 0) is 36.1 Å². The minimum absolute atomic E-state index is 0.0362. The summed E-state index contributed by atoms with van der Waals surface area (Å²) in [4.78, 5) is 24.9. The van der Waals surface area contributed by atoms with E-state index in [1.54, 1.807) is 18.8 Å². The van der Waals surface area contributed by atoms with Gasteiger partial charge >= 0.3 is 0 Å². The molecule has 1 saturated carbocycles. The van der Waals surface area contributed by atoms with Crippen LogP contribution in [0.4, 0.5) is 0 Å². The number of nitrogens with one attached hydrogen (secondary N) is 2. The first-order valence-electron chi connectivity index (χ1n) is 8.42. The van der Waals surface area contributed by atoms with Gasteiger partial charge in [0.25, 0.3) is 0 Å². The number of carbonyl (C=O) groups excluding carboxylic acids is 2. The van der Waals surface area contributed by atoms with E-state index in [4.69, 9.17) is 0 Å². The molecule has 23 heavy (non-hydrogen) atoms. The summed E-state index contributed by atoms with van der Waals surface area (Å²) < 4.78 is 0. The third-order valence-electron chi connectivity index (χ3n) is 4.91. The monoisotopic (exact) mass is 332 g/mol. The summed E-state index contributed by atoms with van der Waals surface area (Å²) in [5, 5.41) is 5.77. The van der Waals surface area contributed by atoms with Crippen LogP contribution in [0.1, 0.15) is 42.1 Å².